The lowest BCUT2D eigenvalue weighted by Crippen LogP contribution is -2.44. The Morgan fingerprint density at radius 1 is 1.22 bits per heavy atom. The fourth-order valence-corrected chi connectivity index (χ4v) is 5.40. The number of amides is 1. The van der Waals surface area contributed by atoms with Crippen molar-refractivity contribution in [1.29, 1.82) is 0 Å². The van der Waals surface area contributed by atoms with Gasteiger partial charge in [0.1, 0.15) is 0 Å². The van der Waals surface area contributed by atoms with E-state index in [9.17, 15) is 13.2 Å². The first kappa shape index (κ1) is 18.5. The van der Waals surface area contributed by atoms with Crippen LogP contribution in [-0.4, -0.2) is 49.1 Å². The molecule has 2 aliphatic rings. The number of piperidine rings is 1. The Balaban J connectivity index is 1.37. The van der Waals surface area contributed by atoms with Crippen LogP contribution in [0.4, 0.5) is 0 Å². The van der Waals surface area contributed by atoms with E-state index in [0.29, 0.717) is 31.8 Å². The number of para-hydroxylation sites is 1. The summed E-state index contributed by atoms with van der Waals surface area (Å²) in [7, 11) is -3.30. The molecule has 7 heteroatoms. The van der Waals surface area contributed by atoms with Crippen LogP contribution in [0.25, 0.3) is 10.9 Å². The third-order valence-electron chi connectivity index (χ3n) is 5.89. The topological polar surface area (TPSA) is 82.3 Å². The number of nitrogens with zero attached hydrogens (tertiary/aromatic N) is 1. The predicted molar refractivity (Wildman–Crippen MR) is 106 cm³/mol. The standard InChI is InChI=1S/C20H27N3O3S/c1-2-14-4-3-5-17-18(12-21-20(14)17)15-8-10-23(11-9-15)19(24)13-22-27(25,26)16-6-7-16/h3-5,12,15-16,21-22H,2,6-11,13H2,1H3. The van der Waals surface area contributed by atoms with Gasteiger partial charge in [-0.15, -0.1) is 0 Å². The summed E-state index contributed by atoms with van der Waals surface area (Å²) < 4.78 is 26.2. The number of benzene rings is 1. The second-order valence-electron chi connectivity index (χ2n) is 7.66. The van der Waals surface area contributed by atoms with Crippen molar-refractivity contribution in [1.82, 2.24) is 14.6 Å². The van der Waals surface area contributed by atoms with E-state index in [-0.39, 0.29) is 17.7 Å². The van der Waals surface area contributed by atoms with E-state index in [1.807, 2.05) is 0 Å². The Labute approximate surface area is 160 Å². The summed E-state index contributed by atoms with van der Waals surface area (Å²) in [6.45, 7) is 3.40. The van der Waals surface area contributed by atoms with Gasteiger partial charge in [-0.3, -0.25) is 4.79 Å². The average molecular weight is 390 g/mol. The maximum Gasteiger partial charge on any atom is 0.237 e. The Bertz CT molecular complexity index is 939. The Hall–Kier alpha value is -1.86. The molecule has 1 aromatic heterocycles. The zero-order valence-corrected chi connectivity index (χ0v) is 16.5. The fourth-order valence-electron chi connectivity index (χ4n) is 4.08. The molecule has 27 heavy (non-hydrogen) atoms. The summed E-state index contributed by atoms with van der Waals surface area (Å²) in [5.41, 5.74) is 3.89. The van der Waals surface area contributed by atoms with Crippen molar-refractivity contribution in [3.8, 4) is 0 Å². The van der Waals surface area contributed by atoms with Gasteiger partial charge in [-0.05, 0) is 49.1 Å². The number of carbonyl (C=O) groups excluding carboxylic acids is 1. The monoisotopic (exact) mass is 389 g/mol. The van der Waals surface area contributed by atoms with Crippen LogP contribution in [0.2, 0.25) is 0 Å². The Kier molecular flexibility index (Phi) is 4.99. The highest BCUT2D eigenvalue weighted by atomic mass is 32.2. The highest BCUT2D eigenvalue weighted by molar-refractivity contribution is 7.90. The van der Waals surface area contributed by atoms with Crippen LogP contribution in [0.5, 0.6) is 0 Å². The highest BCUT2D eigenvalue weighted by Crippen LogP contribution is 2.34. The second-order valence-corrected chi connectivity index (χ2v) is 9.70. The molecule has 0 atom stereocenters. The van der Waals surface area contributed by atoms with Crippen LogP contribution in [0.15, 0.2) is 24.4 Å². The van der Waals surface area contributed by atoms with Crippen molar-refractivity contribution < 1.29 is 13.2 Å². The number of H-pyrrole nitrogens is 1. The molecule has 146 valence electrons. The number of hydrogen-bond donors (Lipinski definition) is 2. The lowest BCUT2D eigenvalue weighted by atomic mass is 9.88. The maximum atomic E-state index is 12.4. The largest absolute Gasteiger partial charge is 0.361 e. The van der Waals surface area contributed by atoms with Crippen LogP contribution in [0, 0.1) is 0 Å². The highest BCUT2D eigenvalue weighted by Gasteiger charge is 2.36. The average Bonchev–Trinajstić information content (AvgIpc) is 3.46. The summed E-state index contributed by atoms with van der Waals surface area (Å²) >= 11 is 0. The number of rotatable bonds is 6. The van der Waals surface area contributed by atoms with Gasteiger partial charge in [-0.1, -0.05) is 25.1 Å². The van der Waals surface area contributed by atoms with Crippen LogP contribution < -0.4 is 4.72 Å². The van der Waals surface area contributed by atoms with Crippen LogP contribution in [0.1, 0.15) is 49.7 Å². The molecule has 0 unspecified atom stereocenters. The van der Waals surface area contributed by atoms with Gasteiger partial charge < -0.3 is 9.88 Å². The number of hydrogen-bond acceptors (Lipinski definition) is 3. The fraction of sp³-hybridized carbons (Fsp3) is 0.550. The molecule has 1 aliphatic heterocycles. The summed E-state index contributed by atoms with van der Waals surface area (Å²) in [5, 5.41) is 1.00. The number of sulfonamides is 1. The zero-order chi connectivity index (χ0) is 19.0. The normalized spacial score (nSPS) is 18.9. The van der Waals surface area contributed by atoms with E-state index in [1.54, 1.807) is 4.90 Å². The van der Waals surface area contributed by atoms with Gasteiger partial charge in [0.25, 0.3) is 0 Å². The van der Waals surface area contributed by atoms with Gasteiger partial charge in [0.05, 0.1) is 11.8 Å². The molecular formula is C20H27N3O3S. The second kappa shape index (κ2) is 7.28. The van der Waals surface area contributed by atoms with Gasteiger partial charge in [0.15, 0.2) is 0 Å². The molecule has 1 saturated heterocycles. The molecule has 0 spiro atoms. The third kappa shape index (κ3) is 3.75. The van der Waals surface area contributed by atoms with Crippen molar-refractivity contribution in [2.75, 3.05) is 19.6 Å². The summed E-state index contributed by atoms with van der Waals surface area (Å²) in [5.74, 6) is 0.308. The van der Waals surface area contributed by atoms with Gasteiger partial charge in [0, 0.05) is 30.2 Å². The van der Waals surface area contributed by atoms with Gasteiger partial charge in [-0.25, -0.2) is 13.1 Å². The van der Waals surface area contributed by atoms with Gasteiger partial charge in [0.2, 0.25) is 15.9 Å². The minimum absolute atomic E-state index is 0.115. The van der Waals surface area contributed by atoms with Crippen molar-refractivity contribution in [2.24, 2.45) is 0 Å². The van der Waals surface area contributed by atoms with Crippen molar-refractivity contribution in [3.05, 3.63) is 35.5 Å². The summed E-state index contributed by atoms with van der Waals surface area (Å²) in [6, 6.07) is 6.44. The molecule has 1 amide bonds. The smallest absolute Gasteiger partial charge is 0.237 e. The first-order chi connectivity index (χ1) is 13.0. The third-order valence-corrected chi connectivity index (χ3v) is 7.79. The van der Waals surface area contributed by atoms with Crippen molar-refractivity contribution in [3.63, 3.8) is 0 Å². The minimum atomic E-state index is -3.30. The molecule has 2 N–H and O–H groups in total. The lowest BCUT2D eigenvalue weighted by Gasteiger charge is -2.32. The first-order valence-electron chi connectivity index (χ1n) is 9.84. The van der Waals surface area contributed by atoms with Crippen LogP contribution >= 0.6 is 0 Å². The Morgan fingerprint density at radius 3 is 2.63 bits per heavy atom. The van der Waals surface area contributed by atoms with Crippen molar-refractivity contribution >= 4 is 26.8 Å². The van der Waals surface area contributed by atoms with Crippen molar-refractivity contribution in [2.45, 2.75) is 50.2 Å². The number of carbonyl (C=O) groups is 1. The van der Waals surface area contributed by atoms with E-state index in [0.717, 1.165) is 19.3 Å². The predicted octanol–water partition coefficient (Wildman–Crippen LogP) is 2.52. The van der Waals surface area contributed by atoms with E-state index >= 15 is 0 Å². The lowest BCUT2D eigenvalue weighted by molar-refractivity contribution is -0.130. The number of nitrogens with one attached hydrogen (secondary N) is 2. The molecule has 6 nitrogen and oxygen atoms in total. The molecule has 1 aromatic carbocycles. The van der Waals surface area contributed by atoms with E-state index in [4.69, 9.17) is 0 Å². The number of fused-ring (bicyclic) bond motifs is 1. The number of aryl methyl sites for hydroxylation is 1. The SMILES string of the molecule is CCc1cccc2c(C3CCN(C(=O)CNS(=O)(=O)C4CC4)CC3)c[nH]c12. The zero-order valence-electron chi connectivity index (χ0n) is 15.7. The molecule has 0 bridgehead atoms. The number of likely N-dealkylation sites (tertiary alicyclic amines) is 1. The van der Waals surface area contributed by atoms with E-state index in [1.165, 1.54) is 22.0 Å². The van der Waals surface area contributed by atoms with Gasteiger partial charge >= 0.3 is 0 Å². The minimum Gasteiger partial charge on any atom is -0.361 e. The molecule has 2 aromatic rings. The molecular weight excluding hydrogens is 362 g/mol. The van der Waals surface area contributed by atoms with Gasteiger partial charge in [-0.2, -0.15) is 0 Å². The van der Waals surface area contributed by atoms with Crippen LogP contribution in [0.3, 0.4) is 0 Å². The maximum absolute atomic E-state index is 12.4. The molecule has 0 radical (unpaired) electrons. The van der Waals surface area contributed by atoms with Crippen LogP contribution in [-0.2, 0) is 21.2 Å². The summed E-state index contributed by atoms with van der Waals surface area (Å²) in [6.07, 6.45) is 6.35. The molecule has 2 heterocycles. The van der Waals surface area contributed by atoms with E-state index in [2.05, 4.69) is 41.0 Å². The molecule has 1 aliphatic carbocycles. The molecule has 2 fully saturated rings. The molecule has 1 saturated carbocycles. The summed E-state index contributed by atoms with van der Waals surface area (Å²) in [4.78, 5) is 17.6. The molecule has 4 rings (SSSR count). The number of aromatic nitrogens is 1. The van der Waals surface area contributed by atoms with E-state index < -0.39 is 10.0 Å². The first-order valence-corrected chi connectivity index (χ1v) is 11.4. The quantitative estimate of drug-likeness (QED) is 0.796. The number of aromatic amines is 1. The Morgan fingerprint density at radius 2 is 1.96 bits per heavy atom.